The molecule has 1 heterocycles. The molecule has 0 spiro atoms. The first-order valence-electron chi connectivity index (χ1n) is 11.2. The van der Waals surface area contributed by atoms with Crippen LogP contribution in [0.15, 0.2) is 18.2 Å². The van der Waals surface area contributed by atoms with Crippen LogP contribution in [0.3, 0.4) is 0 Å². The summed E-state index contributed by atoms with van der Waals surface area (Å²) in [5, 5.41) is 3.15. The molecule has 1 saturated carbocycles. The average Bonchev–Trinajstić information content (AvgIpc) is 3.19. The molecule has 1 aromatic rings. The van der Waals surface area contributed by atoms with E-state index in [0.717, 1.165) is 31.8 Å². The van der Waals surface area contributed by atoms with Crippen molar-refractivity contribution in [3.63, 3.8) is 0 Å². The van der Waals surface area contributed by atoms with Gasteiger partial charge in [0.1, 0.15) is 0 Å². The number of piperazine rings is 1. The first kappa shape index (κ1) is 19.6. The molecule has 28 heavy (non-hydrogen) atoms. The van der Waals surface area contributed by atoms with E-state index < -0.39 is 0 Å². The number of rotatable bonds is 4. The Morgan fingerprint density at radius 2 is 1.82 bits per heavy atom. The first-order valence-corrected chi connectivity index (χ1v) is 11.2. The lowest BCUT2D eigenvalue weighted by Crippen LogP contribution is -2.49. The molecule has 3 aliphatic rings. The standard InChI is InChI=1S/C23H36N4O/c1-25(2)23(28)24-20-11-9-18(10-12-20)17-26-13-15-27(16-14-26)22-8-4-6-19-5-3-7-21(19)22/h4,6,8,18,20H,3,5,7,9-17H2,1-2H3,(H,24,28)/t18-,20-. The van der Waals surface area contributed by atoms with Crippen LogP contribution in [0.1, 0.15) is 43.2 Å². The number of carbonyl (C=O) groups is 1. The fraction of sp³-hybridized carbons (Fsp3) is 0.696. The highest BCUT2D eigenvalue weighted by molar-refractivity contribution is 5.73. The van der Waals surface area contributed by atoms with Gasteiger partial charge in [0.05, 0.1) is 0 Å². The van der Waals surface area contributed by atoms with Crippen molar-refractivity contribution < 1.29 is 4.79 Å². The van der Waals surface area contributed by atoms with Gasteiger partial charge in [-0.2, -0.15) is 0 Å². The molecule has 4 rings (SSSR count). The summed E-state index contributed by atoms with van der Waals surface area (Å²) in [5.74, 6) is 0.792. The summed E-state index contributed by atoms with van der Waals surface area (Å²) in [6, 6.07) is 7.32. The Balaban J connectivity index is 1.22. The van der Waals surface area contributed by atoms with Gasteiger partial charge in [-0.05, 0) is 68.1 Å². The van der Waals surface area contributed by atoms with Crippen molar-refractivity contribution in [2.45, 2.75) is 51.0 Å². The number of amides is 2. The highest BCUT2D eigenvalue weighted by atomic mass is 16.2. The van der Waals surface area contributed by atoms with E-state index >= 15 is 0 Å². The molecule has 0 bridgehead atoms. The van der Waals surface area contributed by atoms with Crippen molar-refractivity contribution in [1.82, 2.24) is 15.1 Å². The van der Waals surface area contributed by atoms with Crippen molar-refractivity contribution in [2.75, 3.05) is 51.7 Å². The third-order valence-corrected chi connectivity index (χ3v) is 6.93. The van der Waals surface area contributed by atoms with Gasteiger partial charge in [-0.3, -0.25) is 4.90 Å². The molecular weight excluding hydrogens is 348 g/mol. The molecule has 0 radical (unpaired) electrons. The molecule has 1 N–H and O–H groups in total. The molecule has 0 atom stereocenters. The Morgan fingerprint density at radius 3 is 2.54 bits per heavy atom. The van der Waals surface area contributed by atoms with E-state index in [9.17, 15) is 4.79 Å². The van der Waals surface area contributed by atoms with Gasteiger partial charge in [-0.1, -0.05) is 12.1 Å². The fourth-order valence-electron chi connectivity index (χ4n) is 5.23. The number of benzene rings is 1. The molecule has 2 fully saturated rings. The number of hydrogen-bond donors (Lipinski definition) is 1. The van der Waals surface area contributed by atoms with E-state index in [1.165, 1.54) is 57.4 Å². The summed E-state index contributed by atoms with van der Waals surface area (Å²) in [6.45, 7) is 5.91. The summed E-state index contributed by atoms with van der Waals surface area (Å²) >= 11 is 0. The Hall–Kier alpha value is -1.75. The van der Waals surface area contributed by atoms with Gasteiger partial charge in [0.15, 0.2) is 0 Å². The van der Waals surface area contributed by atoms with E-state index in [1.54, 1.807) is 16.0 Å². The molecule has 1 aromatic carbocycles. The van der Waals surface area contributed by atoms with Crippen molar-refractivity contribution in [1.29, 1.82) is 0 Å². The summed E-state index contributed by atoms with van der Waals surface area (Å²) in [6.07, 6.45) is 8.58. The van der Waals surface area contributed by atoms with Crippen LogP contribution >= 0.6 is 0 Å². The van der Waals surface area contributed by atoms with Crippen LogP contribution in [0.2, 0.25) is 0 Å². The molecule has 5 nitrogen and oxygen atoms in total. The third-order valence-electron chi connectivity index (χ3n) is 6.93. The number of anilines is 1. The molecule has 154 valence electrons. The highest BCUT2D eigenvalue weighted by Gasteiger charge is 2.27. The second-order valence-electron chi connectivity index (χ2n) is 9.12. The van der Waals surface area contributed by atoms with Gasteiger partial charge in [-0.15, -0.1) is 0 Å². The maximum Gasteiger partial charge on any atom is 0.317 e. The summed E-state index contributed by atoms with van der Waals surface area (Å²) < 4.78 is 0. The Morgan fingerprint density at radius 1 is 1.07 bits per heavy atom. The van der Waals surface area contributed by atoms with Crippen LogP contribution in [0.25, 0.3) is 0 Å². The van der Waals surface area contributed by atoms with E-state index in [2.05, 4.69) is 33.3 Å². The second kappa shape index (κ2) is 8.73. The highest BCUT2D eigenvalue weighted by Crippen LogP contribution is 2.32. The minimum atomic E-state index is 0.0481. The number of carbonyl (C=O) groups excluding carboxylic acids is 1. The lowest BCUT2D eigenvalue weighted by Gasteiger charge is -2.39. The number of nitrogens with zero attached hydrogens (tertiary/aromatic N) is 3. The Bertz CT molecular complexity index is 673. The topological polar surface area (TPSA) is 38.8 Å². The molecule has 2 aliphatic carbocycles. The monoisotopic (exact) mass is 384 g/mol. The number of hydrogen-bond acceptors (Lipinski definition) is 3. The molecule has 5 heteroatoms. The normalized spacial score (nSPS) is 25.4. The van der Waals surface area contributed by atoms with Gasteiger partial charge >= 0.3 is 6.03 Å². The third kappa shape index (κ3) is 4.45. The minimum Gasteiger partial charge on any atom is -0.369 e. The van der Waals surface area contributed by atoms with Gasteiger partial charge in [0, 0.05) is 58.5 Å². The summed E-state index contributed by atoms with van der Waals surface area (Å²) in [5.41, 5.74) is 4.71. The van der Waals surface area contributed by atoms with Crippen LogP contribution < -0.4 is 10.2 Å². The number of urea groups is 1. The molecule has 0 unspecified atom stereocenters. The van der Waals surface area contributed by atoms with Crippen LogP contribution in [-0.2, 0) is 12.8 Å². The van der Waals surface area contributed by atoms with E-state index in [1.807, 2.05) is 14.1 Å². The fourth-order valence-corrected chi connectivity index (χ4v) is 5.23. The van der Waals surface area contributed by atoms with Crippen molar-refractivity contribution in [3.05, 3.63) is 29.3 Å². The molecule has 1 saturated heterocycles. The zero-order chi connectivity index (χ0) is 19.5. The smallest absolute Gasteiger partial charge is 0.317 e. The van der Waals surface area contributed by atoms with Gasteiger partial charge in [0.2, 0.25) is 0 Å². The molecule has 1 aliphatic heterocycles. The second-order valence-corrected chi connectivity index (χ2v) is 9.12. The van der Waals surface area contributed by atoms with E-state index in [-0.39, 0.29) is 6.03 Å². The maximum absolute atomic E-state index is 11.8. The summed E-state index contributed by atoms with van der Waals surface area (Å²) in [4.78, 5) is 18.8. The quantitative estimate of drug-likeness (QED) is 0.867. The zero-order valence-electron chi connectivity index (χ0n) is 17.6. The SMILES string of the molecule is CN(C)C(=O)N[C@H]1CC[C@H](CN2CCN(c3cccc4c3CCC4)CC2)CC1. The molecular formula is C23H36N4O. The van der Waals surface area contributed by atoms with Crippen LogP contribution in [0.5, 0.6) is 0 Å². The van der Waals surface area contributed by atoms with Crippen LogP contribution in [0.4, 0.5) is 10.5 Å². The average molecular weight is 385 g/mol. The number of aryl methyl sites for hydroxylation is 1. The predicted molar refractivity (Wildman–Crippen MR) is 115 cm³/mol. The largest absolute Gasteiger partial charge is 0.369 e. The summed E-state index contributed by atoms with van der Waals surface area (Å²) in [7, 11) is 3.62. The lowest BCUT2D eigenvalue weighted by atomic mass is 9.85. The first-order chi connectivity index (χ1) is 13.6. The lowest BCUT2D eigenvalue weighted by molar-refractivity contribution is 0.174. The van der Waals surface area contributed by atoms with Crippen molar-refractivity contribution in [2.24, 2.45) is 5.92 Å². The predicted octanol–water partition coefficient (Wildman–Crippen LogP) is 3.13. The van der Waals surface area contributed by atoms with Gasteiger partial charge in [-0.25, -0.2) is 4.79 Å². The number of nitrogens with one attached hydrogen (secondary N) is 1. The molecule has 2 amide bonds. The van der Waals surface area contributed by atoms with Gasteiger partial charge in [0.25, 0.3) is 0 Å². The number of fused-ring (bicyclic) bond motifs is 1. The van der Waals surface area contributed by atoms with E-state index in [0.29, 0.717) is 6.04 Å². The van der Waals surface area contributed by atoms with Crippen LogP contribution in [-0.4, -0.2) is 68.7 Å². The minimum absolute atomic E-state index is 0.0481. The Kier molecular flexibility index (Phi) is 6.10. The Labute approximate surface area is 170 Å². The van der Waals surface area contributed by atoms with Crippen molar-refractivity contribution in [3.8, 4) is 0 Å². The van der Waals surface area contributed by atoms with Crippen molar-refractivity contribution >= 4 is 11.7 Å². The molecule has 0 aromatic heterocycles. The zero-order valence-corrected chi connectivity index (χ0v) is 17.6. The maximum atomic E-state index is 11.8. The van der Waals surface area contributed by atoms with E-state index in [4.69, 9.17) is 0 Å². The van der Waals surface area contributed by atoms with Crippen LogP contribution in [0, 0.1) is 5.92 Å². The van der Waals surface area contributed by atoms with Gasteiger partial charge < -0.3 is 15.1 Å².